The van der Waals surface area contributed by atoms with Gasteiger partial charge in [0, 0.05) is 23.1 Å². The van der Waals surface area contributed by atoms with Crippen LogP contribution in [0.1, 0.15) is 46.2 Å². The van der Waals surface area contributed by atoms with Gasteiger partial charge in [-0.25, -0.2) is 0 Å². The second kappa shape index (κ2) is 6.63. The second-order valence-electron chi connectivity index (χ2n) is 6.53. The standard InChI is InChI=1S/C20H20N4O2/c1-2-12-6-9-14-16(11-12)23-18(17(14)20(26)22-13-7-8-13)24-19(25)15-5-3-4-10-21-15/h3-6,9-11,13,23H,2,7-8H2,1H3,(H,22,26)(H,24,25). The van der Waals surface area contributed by atoms with Crippen molar-refractivity contribution in [2.24, 2.45) is 0 Å². The summed E-state index contributed by atoms with van der Waals surface area (Å²) in [6.45, 7) is 2.08. The molecule has 6 heteroatoms. The maximum Gasteiger partial charge on any atom is 0.275 e. The molecule has 1 aliphatic rings. The summed E-state index contributed by atoms with van der Waals surface area (Å²) < 4.78 is 0. The van der Waals surface area contributed by atoms with E-state index in [-0.39, 0.29) is 17.9 Å². The molecule has 1 aromatic carbocycles. The molecule has 132 valence electrons. The highest BCUT2D eigenvalue weighted by molar-refractivity contribution is 6.15. The molecule has 2 aromatic heterocycles. The first-order chi connectivity index (χ1) is 12.7. The number of nitrogens with one attached hydrogen (secondary N) is 3. The third-order valence-electron chi connectivity index (χ3n) is 4.55. The first-order valence-electron chi connectivity index (χ1n) is 8.83. The number of nitrogens with zero attached hydrogens (tertiary/aromatic N) is 1. The van der Waals surface area contributed by atoms with Gasteiger partial charge in [0.1, 0.15) is 11.5 Å². The molecule has 3 aromatic rings. The fraction of sp³-hybridized carbons (Fsp3) is 0.250. The Balaban J connectivity index is 1.73. The van der Waals surface area contributed by atoms with Crippen molar-refractivity contribution >= 4 is 28.5 Å². The molecular weight excluding hydrogens is 328 g/mol. The molecule has 0 spiro atoms. The number of aromatic nitrogens is 2. The Morgan fingerprint density at radius 2 is 2.04 bits per heavy atom. The zero-order chi connectivity index (χ0) is 18.1. The predicted molar refractivity (Wildman–Crippen MR) is 100 cm³/mol. The quantitative estimate of drug-likeness (QED) is 0.661. The number of fused-ring (bicyclic) bond motifs is 1. The van der Waals surface area contributed by atoms with E-state index in [0.717, 1.165) is 35.7 Å². The van der Waals surface area contributed by atoms with Crippen molar-refractivity contribution in [3.63, 3.8) is 0 Å². The van der Waals surface area contributed by atoms with Crippen LogP contribution in [0.2, 0.25) is 0 Å². The first-order valence-corrected chi connectivity index (χ1v) is 8.83. The third-order valence-corrected chi connectivity index (χ3v) is 4.55. The van der Waals surface area contributed by atoms with E-state index < -0.39 is 0 Å². The predicted octanol–water partition coefficient (Wildman–Crippen LogP) is 3.27. The van der Waals surface area contributed by atoms with Gasteiger partial charge in [-0.05, 0) is 43.0 Å². The molecule has 4 rings (SSSR count). The van der Waals surface area contributed by atoms with Gasteiger partial charge in [-0.15, -0.1) is 0 Å². The van der Waals surface area contributed by atoms with Gasteiger partial charge in [-0.1, -0.05) is 25.1 Å². The van der Waals surface area contributed by atoms with Crippen LogP contribution in [0.5, 0.6) is 0 Å². The van der Waals surface area contributed by atoms with Crippen LogP contribution in [0.3, 0.4) is 0 Å². The molecule has 6 nitrogen and oxygen atoms in total. The number of amides is 2. The van der Waals surface area contributed by atoms with Crippen molar-refractivity contribution in [1.82, 2.24) is 15.3 Å². The molecule has 0 saturated heterocycles. The lowest BCUT2D eigenvalue weighted by Gasteiger charge is -2.07. The fourth-order valence-electron chi connectivity index (χ4n) is 2.95. The molecule has 26 heavy (non-hydrogen) atoms. The average Bonchev–Trinajstić information content (AvgIpc) is 3.40. The van der Waals surface area contributed by atoms with Gasteiger partial charge < -0.3 is 15.6 Å². The summed E-state index contributed by atoms with van der Waals surface area (Å²) in [6, 6.07) is 11.3. The summed E-state index contributed by atoms with van der Waals surface area (Å²) in [4.78, 5) is 32.5. The molecule has 1 aliphatic carbocycles. The maximum atomic E-state index is 12.8. The molecule has 2 heterocycles. The zero-order valence-corrected chi connectivity index (χ0v) is 14.5. The highest BCUT2D eigenvalue weighted by Gasteiger charge is 2.27. The second-order valence-corrected chi connectivity index (χ2v) is 6.53. The van der Waals surface area contributed by atoms with Crippen LogP contribution in [0, 0.1) is 0 Å². The van der Waals surface area contributed by atoms with Crippen molar-refractivity contribution in [2.75, 3.05) is 5.32 Å². The molecule has 3 N–H and O–H groups in total. The monoisotopic (exact) mass is 348 g/mol. The summed E-state index contributed by atoms with van der Waals surface area (Å²) in [5, 5.41) is 6.62. The van der Waals surface area contributed by atoms with Crippen LogP contribution in [0.15, 0.2) is 42.6 Å². The topological polar surface area (TPSA) is 86.9 Å². The summed E-state index contributed by atoms with van der Waals surface area (Å²) >= 11 is 0. The summed E-state index contributed by atoms with van der Waals surface area (Å²) in [5.41, 5.74) is 2.77. The summed E-state index contributed by atoms with van der Waals surface area (Å²) in [5.74, 6) is -0.116. The highest BCUT2D eigenvalue weighted by Crippen LogP contribution is 2.29. The van der Waals surface area contributed by atoms with Crippen LogP contribution in [0.25, 0.3) is 10.9 Å². The van der Waals surface area contributed by atoms with E-state index in [1.165, 1.54) is 0 Å². The Kier molecular flexibility index (Phi) is 4.16. The van der Waals surface area contributed by atoms with Gasteiger partial charge in [0.15, 0.2) is 0 Å². The first kappa shape index (κ1) is 16.3. The van der Waals surface area contributed by atoms with Crippen LogP contribution in [-0.2, 0) is 6.42 Å². The lowest BCUT2D eigenvalue weighted by molar-refractivity contribution is 0.0953. The average molecular weight is 348 g/mol. The number of hydrogen-bond donors (Lipinski definition) is 3. The number of H-pyrrole nitrogens is 1. The molecular formula is C20H20N4O2. The number of anilines is 1. The Morgan fingerprint density at radius 1 is 1.19 bits per heavy atom. The Hall–Kier alpha value is -3.15. The van der Waals surface area contributed by atoms with Crippen molar-refractivity contribution in [3.05, 3.63) is 59.4 Å². The Labute approximate surface area is 151 Å². The van der Waals surface area contributed by atoms with Gasteiger partial charge in [0.2, 0.25) is 0 Å². The molecule has 0 radical (unpaired) electrons. The van der Waals surface area contributed by atoms with Gasteiger partial charge in [-0.3, -0.25) is 14.6 Å². The minimum Gasteiger partial charge on any atom is -0.349 e. The van der Waals surface area contributed by atoms with Gasteiger partial charge in [-0.2, -0.15) is 0 Å². The van der Waals surface area contributed by atoms with Crippen molar-refractivity contribution in [3.8, 4) is 0 Å². The number of rotatable bonds is 5. The van der Waals surface area contributed by atoms with Crippen LogP contribution in [0.4, 0.5) is 5.82 Å². The molecule has 1 fully saturated rings. The number of hydrogen-bond acceptors (Lipinski definition) is 3. The smallest absolute Gasteiger partial charge is 0.275 e. The Morgan fingerprint density at radius 3 is 2.73 bits per heavy atom. The van der Waals surface area contributed by atoms with E-state index in [0.29, 0.717) is 17.1 Å². The number of carbonyl (C=O) groups excluding carboxylic acids is 2. The van der Waals surface area contributed by atoms with Crippen molar-refractivity contribution in [2.45, 2.75) is 32.2 Å². The Bertz CT molecular complexity index is 974. The highest BCUT2D eigenvalue weighted by atomic mass is 16.2. The fourth-order valence-corrected chi connectivity index (χ4v) is 2.95. The number of benzene rings is 1. The van der Waals surface area contributed by atoms with E-state index in [4.69, 9.17) is 0 Å². The molecule has 1 saturated carbocycles. The molecule has 0 bridgehead atoms. The lowest BCUT2D eigenvalue weighted by atomic mass is 10.1. The minimum atomic E-state index is -0.353. The number of aryl methyl sites for hydroxylation is 1. The van der Waals surface area contributed by atoms with Gasteiger partial charge >= 0.3 is 0 Å². The van der Waals surface area contributed by atoms with Crippen LogP contribution < -0.4 is 10.6 Å². The molecule has 2 amide bonds. The third kappa shape index (κ3) is 3.18. The summed E-state index contributed by atoms with van der Waals surface area (Å²) in [6.07, 6.45) is 4.47. The SMILES string of the molecule is CCc1ccc2c(C(=O)NC3CC3)c(NC(=O)c3ccccn3)[nH]c2c1. The maximum absolute atomic E-state index is 12.8. The normalized spacial score (nSPS) is 13.6. The molecule has 0 unspecified atom stereocenters. The zero-order valence-electron chi connectivity index (χ0n) is 14.5. The van der Waals surface area contributed by atoms with Gasteiger partial charge in [0.25, 0.3) is 11.8 Å². The van der Waals surface area contributed by atoms with E-state index in [9.17, 15) is 9.59 Å². The van der Waals surface area contributed by atoms with Gasteiger partial charge in [0.05, 0.1) is 5.56 Å². The largest absolute Gasteiger partial charge is 0.349 e. The van der Waals surface area contributed by atoms with E-state index in [1.54, 1.807) is 24.4 Å². The van der Waals surface area contributed by atoms with E-state index >= 15 is 0 Å². The number of aromatic amines is 1. The van der Waals surface area contributed by atoms with Crippen LogP contribution >= 0.6 is 0 Å². The number of pyridine rings is 1. The summed E-state index contributed by atoms with van der Waals surface area (Å²) in [7, 11) is 0. The van der Waals surface area contributed by atoms with Crippen molar-refractivity contribution < 1.29 is 9.59 Å². The number of carbonyl (C=O) groups is 2. The van der Waals surface area contributed by atoms with E-state index in [1.807, 2.05) is 18.2 Å². The minimum absolute atomic E-state index is 0.167. The lowest BCUT2D eigenvalue weighted by Crippen LogP contribution is -2.26. The molecule has 0 atom stereocenters. The van der Waals surface area contributed by atoms with E-state index in [2.05, 4.69) is 27.5 Å². The van der Waals surface area contributed by atoms with Crippen molar-refractivity contribution in [1.29, 1.82) is 0 Å². The molecule has 0 aliphatic heterocycles. The van der Waals surface area contributed by atoms with Crippen LogP contribution in [-0.4, -0.2) is 27.8 Å².